The van der Waals surface area contributed by atoms with Crippen LogP contribution in [0, 0.1) is 12.3 Å². The second kappa shape index (κ2) is 6.06. The van der Waals surface area contributed by atoms with Crippen molar-refractivity contribution in [1.82, 2.24) is 5.32 Å². The summed E-state index contributed by atoms with van der Waals surface area (Å²) in [6.07, 6.45) is -0.838. The van der Waals surface area contributed by atoms with Gasteiger partial charge in [0.2, 0.25) is 0 Å². The van der Waals surface area contributed by atoms with Crippen LogP contribution in [0.4, 0.5) is 4.79 Å². The Balaban J connectivity index is 2.72. The molecule has 1 heterocycles. The first-order valence-electron chi connectivity index (χ1n) is 5.99. The molecule has 2 amide bonds. The van der Waals surface area contributed by atoms with Crippen molar-refractivity contribution in [3.63, 3.8) is 0 Å². The summed E-state index contributed by atoms with van der Waals surface area (Å²) in [7, 11) is 0. The lowest BCUT2D eigenvalue weighted by Crippen LogP contribution is -2.47. The van der Waals surface area contributed by atoms with Crippen molar-refractivity contribution in [3.8, 4) is 0 Å². The van der Waals surface area contributed by atoms with Crippen LogP contribution in [0.1, 0.15) is 35.3 Å². The Kier molecular flexibility index (Phi) is 4.94. The van der Waals surface area contributed by atoms with Gasteiger partial charge in [0.25, 0.3) is 5.91 Å². The Morgan fingerprint density at radius 3 is 2.47 bits per heavy atom. The van der Waals surface area contributed by atoms with E-state index >= 15 is 0 Å². The quantitative estimate of drug-likeness (QED) is 0.890. The van der Waals surface area contributed by atoms with Gasteiger partial charge in [-0.2, -0.15) is 0 Å². The zero-order valence-corrected chi connectivity index (χ0v) is 12.5. The zero-order valence-electron chi connectivity index (χ0n) is 11.6. The highest BCUT2D eigenvalue weighted by Gasteiger charge is 2.28. The Morgan fingerprint density at radius 2 is 2.05 bits per heavy atom. The Morgan fingerprint density at radius 1 is 1.42 bits per heavy atom. The topological polar surface area (TPSA) is 81.4 Å². The van der Waals surface area contributed by atoms with Crippen molar-refractivity contribution in [3.05, 3.63) is 21.9 Å². The summed E-state index contributed by atoms with van der Waals surface area (Å²) in [5, 5.41) is 2.88. The SMILES string of the molecule is Cc1ccc(C(=O)NC(COC(N)=O)C(C)(C)C)s1. The Hall–Kier alpha value is -1.56. The van der Waals surface area contributed by atoms with E-state index in [4.69, 9.17) is 10.5 Å². The molecule has 0 aliphatic carbocycles. The molecule has 0 aliphatic heterocycles. The summed E-state index contributed by atoms with van der Waals surface area (Å²) >= 11 is 1.43. The lowest BCUT2D eigenvalue weighted by atomic mass is 9.87. The normalized spacial score (nSPS) is 12.8. The third kappa shape index (κ3) is 4.90. The Labute approximate surface area is 117 Å². The maximum atomic E-state index is 12.1. The van der Waals surface area contributed by atoms with Gasteiger partial charge in [-0.05, 0) is 24.5 Å². The molecular formula is C13H20N2O3S. The minimum atomic E-state index is -0.838. The van der Waals surface area contributed by atoms with E-state index in [2.05, 4.69) is 5.32 Å². The zero-order chi connectivity index (χ0) is 14.6. The molecule has 0 radical (unpaired) electrons. The fourth-order valence-corrected chi connectivity index (χ4v) is 2.23. The van der Waals surface area contributed by atoms with E-state index in [1.165, 1.54) is 11.3 Å². The summed E-state index contributed by atoms with van der Waals surface area (Å²) in [5.74, 6) is -0.161. The molecule has 0 saturated carbocycles. The molecule has 1 aromatic heterocycles. The lowest BCUT2D eigenvalue weighted by molar-refractivity contribution is 0.0807. The van der Waals surface area contributed by atoms with E-state index in [1.54, 1.807) is 6.07 Å². The van der Waals surface area contributed by atoms with Crippen LogP contribution in [0.15, 0.2) is 12.1 Å². The number of primary amides is 1. The molecular weight excluding hydrogens is 264 g/mol. The van der Waals surface area contributed by atoms with Crippen LogP contribution in [0.5, 0.6) is 0 Å². The van der Waals surface area contributed by atoms with Gasteiger partial charge < -0.3 is 15.8 Å². The molecule has 0 fully saturated rings. The number of hydrogen-bond acceptors (Lipinski definition) is 4. The second-order valence-corrected chi connectivity index (χ2v) is 6.72. The van der Waals surface area contributed by atoms with Crippen molar-refractivity contribution in [2.75, 3.05) is 6.61 Å². The smallest absolute Gasteiger partial charge is 0.404 e. The molecule has 1 atom stereocenters. The third-order valence-corrected chi connectivity index (χ3v) is 3.71. The van der Waals surface area contributed by atoms with Gasteiger partial charge in [-0.25, -0.2) is 4.79 Å². The van der Waals surface area contributed by atoms with Gasteiger partial charge in [0.15, 0.2) is 0 Å². The van der Waals surface area contributed by atoms with E-state index in [-0.39, 0.29) is 24.0 Å². The number of nitrogens with one attached hydrogen (secondary N) is 1. The maximum absolute atomic E-state index is 12.1. The Bertz CT molecular complexity index is 463. The van der Waals surface area contributed by atoms with E-state index in [0.717, 1.165) is 4.88 Å². The molecule has 0 bridgehead atoms. The van der Waals surface area contributed by atoms with Crippen molar-refractivity contribution >= 4 is 23.3 Å². The van der Waals surface area contributed by atoms with Gasteiger partial charge in [-0.3, -0.25) is 4.79 Å². The van der Waals surface area contributed by atoms with Gasteiger partial charge in [0.05, 0.1) is 10.9 Å². The first-order chi connectivity index (χ1) is 8.70. The number of aryl methyl sites for hydroxylation is 1. The van der Waals surface area contributed by atoms with Crippen molar-refractivity contribution in [2.24, 2.45) is 11.1 Å². The van der Waals surface area contributed by atoms with Crippen LogP contribution in [0.2, 0.25) is 0 Å². The average Bonchev–Trinajstić information content (AvgIpc) is 2.68. The van der Waals surface area contributed by atoms with E-state index in [1.807, 2.05) is 33.8 Å². The average molecular weight is 284 g/mol. The molecule has 106 valence electrons. The molecule has 6 heteroatoms. The molecule has 0 spiro atoms. The lowest BCUT2D eigenvalue weighted by Gasteiger charge is -2.30. The highest BCUT2D eigenvalue weighted by Crippen LogP contribution is 2.21. The predicted molar refractivity (Wildman–Crippen MR) is 75.3 cm³/mol. The number of hydrogen-bond donors (Lipinski definition) is 2. The highest BCUT2D eigenvalue weighted by molar-refractivity contribution is 7.13. The van der Waals surface area contributed by atoms with Crippen molar-refractivity contribution in [2.45, 2.75) is 33.7 Å². The number of ether oxygens (including phenoxy) is 1. The fraction of sp³-hybridized carbons (Fsp3) is 0.538. The first kappa shape index (κ1) is 15.5. The number of amides is 2. The van der Waals surface area contributed by atoms with Crippen LogP contribution >= 0.6 is 11.3 Å². The molecule has 1 unspecified atom stereocenters. The number of nitrogens with two attached hydrogens (primary N) is 1. The molecule has 1 rings (SSSR count). The number of carbonyl (C=O) groups is 2. The van der Waals surface area contributed by atoms with Crippen molar-refractivity contribution in [1.29, 1.82) is 0 Å². The number of carbonyl (C=O) groups excluding carboxylic acids is 2. The molecule has 19 heavy (non-hydrogen) atoms. The monoisotopic (exact) mass is 284 g/mol. The van der Waals surface area contributed by atoms with E-state index in [9.17, 15) is 9.59 Å². The highest BCUT2D eigenvalue weighted by atomic mass is 32.1. The van der Waals surface area contributed by atoms with Gasteiger partial charge in [0, 0.05) is 4.88 Å². The van der Waals surface area contributed by atoms with Crippen LogP contribution in [-0.2, 0) is 4.74 Å². The molecule has 1 aromatic rings. The summed E-state index contributed by atoms with van der Waals surface area (Å²) in [4.78, 5) is 24.5. The molecule has 0 saturated heterocycles. The van der Waals surface area contributed by atoms with Gasteiger partial charge >= 0.3 is 6.09 Å². The molecule has 3 N–H and O–H groups in total. The van der Waals surface area contributed by atoms with Crippen LogP contribution in [0.3, 0.4) is 0 Å². The van der Waals surface area contributed by atoms with Crippen molar-refractivity contribution < 1.29 is 14.3 Å². The van der Waals surface area contributed by atoms with Gasteiger partial charge in [-0.1, -0.05) is 20.8 Å². The maximum Gasteiger partial charge on any atom is 0.404 e. The van der Waals surface area contributed by atoms with Crippen LogP contribution in [0.25, 0.3) is 0 Å². The summed E-state index contributed by atoms with van der Waals surface area (Å²) in [6.45, 7) is 7.89. The first-order valence-corrected chi connectivity index (χ1v) is 6.81. The number of rotatable bonds is 4. The predicted octanol–water partition coefficient (Wildman–Crippen LogP) is 2.30. The second-order valence-electron chi connectivity index (χ2n) is 5.43. The molecule has 0 aliphatic rings. The standard InChI is InChI=1S/C13H20N2O3S/c1-8-5-6-9(19-8)11(16)15-10(13(2,3)4)7-18-12(14)17/h5-6,10H,7H2,1-4H3,(H2,14,17)(H,15,16). The minimum absolute atomic E-state index is 0.0644. The number of thiophene rings is 1. The molecule has 0 aromatic carbocycles. The van der Waals surface area contributed by atoms with Gasteiger partial charge in [-0.15, -0.1) is 11.3 Å². The van der Waals surface area contributed by atoms with E-state index in [0.29, 0.717) is 4.88 Å². The largest absolute Gasteiger partial charge is 0.448 e. The van der Waals surface area contributed by atoms with Crippen LogP contribution in [-0.4, -0.2) is 24.6 Å². The fourth-order valence-electron chi connectivity index (χ4n) is 1.46. The van der Waals surface area contributed by atoms with Gasteiger partial charge in [0.1, 0.15) is 6.61 Å². The summed E-state index contributed by atoms with van der Waals surface area (Å²) < 4.78 is 4.80. The summed E-state index contributed by atoms with van der Waals surface area (Å²) in [6, 6.07) is 3.38. The third-order valence-electron chi connectivity index (χ3n) is 2.71. The minimum Gasteiger partial charge on any atom is -0.448 e. The van der Waals surface area contributed by atoms with E-state index < -0.39 is 6.09 Å². The van der Waals surface area contributed by atoms with Crippen LogP contribution < -0.4 is 11.1 Å². The molecule has 5 nitrogen and oxygen atoms in total. The summed E-state index contributed by atoms with van der Waals surface area (Å²) in [5.41, 5.74) is 4.72.